The van der Waals surface area contributed by atoms with Crippen LogP contribution in [0.3, 0.4) is 0 Å². The number of H-pyrrole nitrogens is 1. The maximum Gasteiger partial charge on any atom is 0.338 e. The molecule has 1 aromatic heterocycles. The molecular formula is C27H30N4O6. The van der Waals surface area contributed by atoms with Crippen molar-refractivity contribution >= 4 is 29.4 Å². The van der Waals surface area contributed by atoms with Crippen molar-refractivity contribution in [3.63, 3.8) is 0 Å². The van der Waals surface area contributed by atoms with E-state index in [-0.39, 0.29) is 30.5 Å². The number of ether oxygens (including phenoxy) is 2. The van der Waals surface area contributed by atoms with Gasteiger partial charge in [0.05, 0.1) is 18.5 Å². The molecule has 0 aliphatic heterocycles. The number of hydrogen-bond acceptors (Lipinski definition) is 7. The van der Waals surface area contributed by atoms with E-state index >= 15 is 0 Å². The van der Waals surface area contributed by atoms with Gasteiger partial charge in [-0.1, -0.05) is 44.2 Å². The van der Waals surface area contributed by atoms with Gasteiger partial charge in [-0.05, 0) is 49.1 Å². The van der Waals surface area contributed by atoms with Crippen molar-refractivity contribution in [1.82, 2.24) is 15.3 Å². The number of carbonyl (C=O) groups excluding carboxylic acids is 4. The highest BCUT2D eigenvalue weighted by molar-refractivity contribution is 6.10. The Hall–Kier alpha value is -4.47. The molecule has 3 N–H and O–H groups in total. The Bertz CT molecular complexity index is 1220. The molecule has 0 aliphatic rings. The van der Waals surface area contributed by atoms with Crippen LogP contribution in [-0.2, 0) is 20.9 Å². The minimum atomic E-state index is -0.911. The van der Waals surface area contributed by atoms with Crippen molar-refractivity contribution in [3.05, 3.63) is 83.4 Å². The summed E-state index contributed by atoms with van der Waals surface area (Å²) in [7, 11) is 0. The summed E-state index contributed by atoms with van der Waals surface area (Å²) in [6.45, 7) is 5.89. The standard InChI is InChI=1S/C27H30N4O6/c1-4-36-26(34)19-10-12-20(13-11-19)30-24(32)22-23(29-16-28-22)25(33)31-21(14-17(2)3)27(35)37-15-18-8-6-5-7-9-18/h5-13,16-17,21H,4,14-15H2,1-3H3,(H,28,29)(H,30,32)(H,31,33). The Balaban J connectivity index is 1.66. The zero-order valence-corrected chi connectivity index (χ0v) is 20.9. The third-order valence-electron chi connectivity index (χ3n) is 5.26. The number of aromatic nitrogens is 2. The largest absolute Gasteiger partial charge is 0.462 e. The van der Waals surface area contributed by atoms with Gasteiger partial charge >= 0.3 is 11.9 Å². The Labute approximate surface area is 214 Å². The van der Waals surface area contributed by atoms with E-state index in [4.69, 9.17) is 9.47 Å². The van der Waals surface area contributed by atoms with Crippen LogP contribution >= 0.6 is 0 Å². The highest BCUT2D eigenvalue weighted by Gasteiger charge is 2.27. The summed E-state index contributed by atoms with van der Waals surface area (Å²) in [6, 6.07) is 14.4. The van der Waals surface area contributed by atoms with Crippen molar-refractivity contribution in [2.75, 3.05) is 11.9 Å². The molecule has 0 aliphatic carbocycles. The summed E-state index contributed by atoms with van der Waals surface area (Å²) in [4.78, 5) is 57.0. The SMILES string of the molecule is CCOC(=O)c1ccc(NC(=O)c2nc[nH]c2C(=O)NC(CC(C)C)C(=O)OCc2ccccc2)cc1. The number of nitrogens with one attached hydrogen (secondary N) is 3. The van der Waals surface area contributed by atoms with Crippen LogP contribution in [0, 0.1) is 5.92 Å². The molecular weight excluding hydrogens is 476 g/mol. The number of anilines is 1. The molecule has 1 atom stereocenters. The van der Waals surface area contributed by atoms with Crippen molar-refractivity contribution < 1.29 is 28.7 Å². The summed E-state index contributed by atoms with van der Waals surface area (Å²) in [5.41, 5.74) is 1.33. The zero-order chi connectivity index (χ0) is 26.8. The minimum Gasteiger partial charge on any atom is -0.462 e. The molecule has 2 aromatic carbocycles. The number of nitrogens with zero attached hydrogens (tertiary/aromatic N) is 1. The van der Waals surface area contributed by atoms with Gasteiger partial charge in [-0.25, -0.2) is 14.6 Å². The van der Waals surface area contributed by atoms with E-state index in [9.17, 15) is 19.2 Å². The monoisotopic (exact) mass is 506 g/mol. The molecule has 0 radical (unpaired) electrons. The van der Waals surface area contributed by atoms with Crippen LogP contribution < -0.4 is 10.6 Å². The molecule has 37 heavy (non-hydrogen) atoms. The van der Waals surface area contributed by atoms with Crippen molar-refractivity contribution in [3.8, 4) is 0 Å². The van der Waals surface area contributed by atoms with Gasteiger partial charge in [-0.2, -0.15) is 0 Å². The fourth-order valence-electron chi connectivity index (χ4n) is 3.48. The van der Waals surface area contributed by atoms with Crippen molar-refractivity contribution in [2.45, 2.75) is 39.8 Å². The van der Waals surface area contributed by atoms with Crippen LogP contribution in [0.15, 0.2) is 60.9 Å². The third-order valence-corrected chi connectivity index (χ3v) is 5.26. The maximum atomic E-state index is 13.0. The molecule has 2 amide bonds. The van der Waals surface area contributed by atoms with E-state index in [1.165, 1.54) is 30.6 Å². The lowest BCUT2D eigenvalue weighted by Crippen LogP contribution is -2.43. The maximum absolute atomic E-state index is 13.0. The zero-order valence-electron chi connectivity index (χ0n) is 20.9. The van der Waals surface area contributed by atoms with Gasteiger partial charge in [0.25, 0.3) is 11.8 Å². The third kappa shape index (κ3) is 7.76. The van der Waals surface area contributed by atoms with Crippen molar-refractivity contribution in [1.29, 1.82) is 0 Å². The Morgan fingerprint density at radius 3 is 2.30 bits per heavy atom. The molecule has 10 nitrogen and oxygen atoms in total. The average molecular weight is 507 g/mol. The first-order valence-electron chi connectivity index (χ1n) is 11.9. The molecule has 0 spiro atoms. The Morgan fingerprint density at radius 2 is 1.65 bits per heavy atom. The van der Waals surface area contributed by atoms with Crippen LogP contribution in [0.5, 0.6) is 0 Å². The number of amides is 2. The number of benzene rings is 2. The highest BCUT2D eigenvalue weighted by atomic mass is 16.5. The van der Waals surface area contributed by atoms with E-state index in [0.717, 1.165) is 5.56 Å². The van der Waals surface area contributed by atoms with Gasteiger partial charge in [0.2, 0.25) is 0 Å². The highest BCUT2D eigenvalue weighted by Crippen LogP contribution is 2.14. The van der Waals surface area contributed by atoms with Gasteiger partial charge in [0.1, 0.15) is 18.3 Å². The van der Waals surface area contributed by atoms with Crippen LogP contribution in [0.1, 0.15) is 64.1 Å². The topological polar surface area (TPSA) is 139 Å². The van der Waals surface area contributed by atoms with E-state index in [0.29, 0.717) is 17.7 Å². The fraction of sp³-hybridized carbons (Fsp3) is 0.296. The number of esters is 2. The number of rotatable bonds is 11. The number of aromatic amines is 1. The van der Waals surface area contributed by atoms with Crippen LogP contribution in [0.2, 0.25) is 0 Å². The second-order valence-corrected chi connectivity index (χ2v) is 8.63. The van der Waals surface area contributed by atoms with Gasteiger partial charge in [0, 0.05) is 5.69 Å². The second kappa shape index (κ2) is 13.0. The van der Waals surface area contributed by atoms with E-state index in [1.807, 2.05) is 44.2 Å². The lowest BCUT2D eigenvalue weighted by molar-refractivity contribution is -0.147. The summed E-state index contributed by atoms with van der Waals surface area (Å²) < 4.78 is 10.4. The molecule has 194 valence electrons. The lowest BCUT2D eigenvalue weighted by atomic mass is 10.0. The molecule has 1 unspecified atom stereocenters. The second-order valence-electron chi connectivity index (χ2n) is 8.63. The lowest BCUT2D eigenvalue weighted by Gasteiger charge is -2.19. The Morgan fingerprint density at radius 1 is 0.946 bits per heavy atom. The van der Waals surface area contributed by atoms with Crippen LogP contribution in [-0.4, -0.2) is 46.4 Å². The fourth-order valence-corrected chi connectivity index (χ4v) is 3.48. The molecule has 3 rings (SSSR count). The van der Waals surface area contributed by atoms with Crippen molar-refractivity contribution in [2.24, 2.45) is 5.92 Å². The molecule has 0 fully saturated rings. The average Bonchev–Trinajstić information content (AvgIpc) is 3.38. The van der Waals surface area contributed by atoms with Crippen LogP contribution in [0.25, 0.3) is 0 Å². The van der Waals surface area contributed by atoms with E-state index < -0.39 is 29.8 Å². The number of hydrogen-bond donors (Lipinski definition) is 3. The summed E-state index contributed by atoms with van der Waals surface area (Å²) in [5, 5.41) is 5.30. The molecule has 3 aromatic rings. The molecule has 1 heterocycles. The van der Waals surface area contributed by atoms with E-state index in [2.05, 4.69) is 20.6 Å². The number of imidazole rings is 1. The quantitative estimate of drug-likeness (QED) is 0.337. The van der Waals surface area contributed by atoms with Gasteiger partial charge < -0.3 is 25.1 Å². The van der Waals surface area contributed by atoms with Gasteiger partial charge in [0.15, 0.2) is 5.69 Å². The van der Waals surface area contributed by atoms with Crippen LogP contribution in [0.4, 0.5) is 5.69 Å². The van der Waals surface area contributed by atoms with E-state index in [1.54, 1.807) is 6.92 Å². The molecule has 0 saturated carbocycles. The minimum absolute atomic E-state index is 0.0802. The normalized spacial score (nSPS) is 11.5. The predicted octanol–water partition coefficient (Wildman–Crippen LogP) is 3.73. The summed E-state index contributed by atoms with van der Waals surface area (Å²) >= 11 is 0. The smallest absolute Gasteiger partial charge is 0.338 e. The molecule has 0 saturated heterocycles. The van der Waals surface area contributed by atoms with Gasteiger partial charge in [-0.3, -0.25) is 9.59 Å². The van der Waals surface area contributed by atoms with Gasteiger partial charge in [-0.15, -0.1) is 0 Å². The molecule has 0 bridgehead atoms. The first kappa shape index (κ1) is 27.1. The first-order valence-corrected chi connectivity index (χ1v) is 11.9. The predicted molar refractivity (Wildman–Crippen MR) is 136 cm³/mol. The first-order chi connectivity index (χ1) is 17.8. The summed E-state index contributed by atoms with van der Waals surface area (Å²) in [5.74, 6) is -2.25. The molecule has 10 heteroatoms. The summed E-state index contributed by atoms with van der Waals surface area (Å²) in [6.07, 6.45) is 1.57. The Kier molecular flexibility index (Phi) is 9.54. The number of carbonyl (C=O) groups is 4.